The summed E-state index contributed by atoms with van der Waals surface area (Å²) in [7, 11) is 0. The first-order valence-electron chi connectivity index (χ1n) is 6.23. The van der Waals surface area contributed by atoms with Crippen LogP contribution in [0.5, 0.6) is 0 Å². The van der Waals surface area contributed by atoms with Gasteiger partial charge in [-0.05, 0) is 25.7 Å². The van der Waals surface area contributed by atoms with Crippen molar-refractivity contribution in [2.24, 2.45) is 11.3 Å². The molecule has 2 unspecified atom stereocenters. The fourth-order valence-electron chi connectivity index (χ4n) is 1.96. The minimum atomic E-state index is -0.639. The highest BCUT2D eigenvalue weighted by molar-refractivity contribution is 5.74. The number of carboxylic acid groups (broad SMARTS) is 1. The molecule has 0 spiro atoms. The van der Waals surface area contributed by atoms with Gasteiger partial charge in [-0.3, -0.25) is 4.79 Å². The number of hydrogen-bond donors (Lipinski definition) is 1. The molecule has 0 amide bonds. The summed E-state index contributed by atoms with van der Waals surface area (Å²) in [4.78, 5) is 11.2. The Hall–Kier alpha value is -0.530. The minimum Gasteiger partial charge on any atom is -0.481 e. The van der Waals surface area contributed by atoms with Crippen LogP contribution in [0.15, 0.2) is 0 Å². The predicted octanol–water partition coefficient (Wildman–Crippen LogP) is 4.09. The van der Waals surface area contributed by atoms with E-state index >= 15 is 0 Å². The number of unbranched alkanes of at least 4 members (excludes halogenated alkanes) is 1. The Morgan fingerprint density at radius 2 is 1.93 bits per heavy atom. The molecule has 0 bridgehead atoms. The number of hydrogen-bond acceptors (Lipinski definition) is 1. The van der Waals surface area contributed by atoms with Crippen LogP contribution in [0.2, 0.25) is 0 Å². The molecule has 0 fully saturated rings. The standard InChI is InChI=1S/C13H26O2/c1-5-8-9-11(6-2)10-13(4,7-3)12(14)15/h11H,5-10H2,1-4H3,(H,14,15). The first kappa shape index (κ1) is 14.5. The van der Waals surface area contributed by atoms with Crippen molar-refractivity contribution < 1.29 is 9.90 Å². The molecule has 90 valence electrons. The highest BCUT2D eigenvalue weighted by Crippen LogP contribution is 2.33. The van der Waals surface area contributed by atoms with Crippen LogP contribution in [-0.4, -0.2) is 11.1 Å². The van der Waals surface area contributed by atoms with Crippen molar-refractivity contribution in [1.82, 2.24) is 0 Å². The predicted molar refractivity (Wildman–Crippen MR) is 64.0 cm³/mol. The molecule has 1 N–H and O–H groups in total. The highest BCUT2D eigenvalue weighted by atomic mass is 16.4. The van der Waals surface area contributed by atoms with Gasteiger partial charge in [0.2, 0.25) is 0 Å². The van der Waals surface area contributed by atoms with Gasteiger partial charge in [-0.15, -0.1) is 0 Å². The molecule has 0 aromatic heterocycles. The van der Waals surface area contributed by atoms with E-state index < -0.39 is 11.4 Å². The molecule has 2 atom stereocenters. The van der Waals surface area contributed by atoms with E-state index in [1.54, 1.807) is 0 Å². The molecule has 15 heavy (non-hydrogen) atoms. The fraction of sp³-hybridized carbons (Fsp3) is 0.923. The van der Waals surface area contributed by atoms with Gasteiger partial charge in [-0.2, -0.15) is 0 Å². The van der Waals surface area contributed by atoms with Crippen LogP contribution in [0, 0.1) is 11.3 Å². The third-order valence-electron chi connectivity index (χ3n) is 3.58. The van der Waals surface area contributed by atoms with Gasteiger partial charge in [0.25, 0.3) is 0 Å². The van der Waals surface area contributed by atoms with E-state index in [1.807, 2.05) is 13.8 Å². The molecular weight excluding hydrogens is 188 g/mol. The average molecular weight is 214 g/mol. The van der Waals surface area contributed by atoms with Crippen molar-refractivity contribution in [2.75, 3.05) is 0 Å². The van der Waals surface area contributed by atoms with Gasteiger partial charge in [-0.25, -0.2) is 0 Å². The maximum absolute atomic E-state index is 11.2. The number of aliphatic carboxylic acids is 1. The lowest BCUT2D eigenvalue weighted by atomic mass is 9.76. The van der Waals surface area contributed by atoms with E-state index in [0.717, 1.165) is 19.3 Å². The number of carbonyl (C=O) groups is 1. The van der Waals surface area contributed by atoms with Crippen molar-refractivity contribution >= 4 is 5.97 Å². The van der Waals surface area contributed by atoms with Gasteiger partial charge in [-0.1, -0.05) is 46.5 Å². The molecule has 0 saturated heterocycles. The van der Waals surface area contributed by atoms with Gasteiger partial charge >= 0.3 is 5.97 Å². The summed E-state index contributed by atoms with van der Waals surface area (Å²) in [5, 5.41) is 9.20. The second-order valence-corrected chi connectivity index (χ2v) is 4.84. The molecule has 0 aliphatic rings. The van der Waals surface area contributed by atoms with Crippen molar-refractivity contribution in [2.45, 2.75) is 66.2 Å². The summed E-state index contributed by atoms with van der Waals surface area (Å²) < 4.78 is 0. The quantitative estimate of drug-likeness (QED) is 0.660. The number of rotatable bonds is 8. The van der Waals surface area contributed by atoms with E-state index in [1.165, 1.54) is 19.3 Å². The molecule has 0 aromatic rings. The maximum Gasteiger partial charge on any atom is 0.309 e. The van der Waals surface area contributed by atoms with Gasteiger partial charge in [0.1, 0.15) is 0 Å². The highest BCUT2D eigenvalue weighted by Gasteiger charge is 2.33. The van der Waals surface area contributed by atoms with Crippen molar-refractivity contribution in [3.05, 3.63) is 0 Å². The van der Waals surface area contributed by atoms with Crippen LogP contribution < -0.4 is 0 Å². The fourth-order valence-corrected chi connectivity index (χ4v) is 1.96. The zero-order valence-electron chi connectivity index (χ0n) is 10.7. The lowest BCUT2D eigenvalue weighted by molar-refractivity contribution is -0.149. The molecule has 2 nitrogen and oxygen atoms in total. The summed E-state index contributed by atoms with van der Waals surface area (Å²) in [5.41, 5.74) is -0.519. The average Bonchev–Trinajstić information content (AvgIpc) is 2.23. The van der Waals surface area contributed by atoms with Crippen LogP contribution in [0.4, 0.5) is 0 Å². The Kier molecular flexibility index (Phi) is 6.62. The summed E-state index contributed by atoms with van der Waals surface area (Å²) >= 11 is 0. The smallest absolute Gasteiger partial charge is 0.309 e. The Labute approximate surface area is 94.1 Å². The first-order valence-corrected chi connectivity index (χ1v) is 6.23. The molecule has 0 saturated carbocycles. The zero-order chi connectivity index (χ0) is 11.9. The summed E-state index contributed by atoms with van der Waals surface area (Å²) in [6.07, 6.45) is 6.25. The van der Waals surface area contributed by atoms with Gasteiger partial charge in [0.05, 0.1) is 5.41 Å². The van der Waals surface area contributed by atoms with E-state index in [9.17, 15) is 9.90 Å². The van der Waals surface area contributed by atoms with Crippen LogP contribution >= 0.6 is 0 Å². The van der Waals surface area contributed by atoms with Crippen LogP contribution in [0.25, 0.3) is 0 Å². The second kappa shape index (κ2) is 6.86. The van der Waals surface area contributed by atoms with Crippen LogP contribution in [-0.2, 0) is 4.79 Å². The lowest BCUT2D eigenvalue weighted by Crippen LogP contribution is -2.29. The molecule has 0 heterocycles. The van der Waals surface area contributed by atoms with E-state index in [2.05, 4.69) is 13.8 Å². The number of carboxylic acids is 1. The summed E-state index contributed by atoms with van der Waals surface area (Å²) in [6, 6.07) is 0. The van der Waals surface area contributed by atoms with Crippen molar-refractivity contribution in [3.8, 4) is 0 Å². The molecule has 2 heteroatoms. The van der Waals surface area contributed by atoms with Crippen molar-refractivity contribution in [1.29, 1.82) is 0 Å². The van der Waals surface area contributed by atoms with E-state index in [0.29, 0.717) is 5.92 Å². The van der Waals surface area contributed by atoms with E-state index in [-0.39, 0.29) is 0 Å². The van der Waals surface area contributed by atoms with Gasteiger partial charge in [0, 0.05) is 0 Å². The summed E-state index contributed by atoms with van der Waals surface area (Å²) in [5.74, 6) is -0.0639. The van der Waals surface area contributed by atoms with Crippen LogP contribution in [0.3, 0.4) is 0 Å². The molecule has 0 aromatic carbocycles. The monoisotopic (exact) mass is 214 g/mol. The Morgan fingerprint density at radius 3 is 2.27 bits per heavy atom. The largest absolute Gasteiger partial charge is 0.481 e. The third-order valence-corrected chi connectivity index (χ3v) is 3.58. The lowest BCUT2D eigenvalue weighted by Gasteiger charge is -2.28. The Balaban J connectivity index is 4.29. The Morgan fingerprint density at radius 1 is 1.33 bits per heavy atom. The molecule has 0 rings (SSSR count). The molecular formula is C13H26O2. The Bertz CT molecular complexity index is 189. The molecule has 0 aliphatic carbocycles. The van der Waals surface area contributed by atoms with Gasteiger partial charge < -0.3 is 5.11 Å². The normalized spacial score (nSPS) is 17.1. The molecule has 0 radical (unpaired) electrons. The van der Waals surface area contributed by atoms with Gasteiger partial charge in [0.15, 0.2) is 0 Å². The zero-order valence-corrected chi connectivity index (χ0v) is 10.7. The van der Waals surface area contributed by atoms with Crippen molar-refractivity contribution in [3.63, 3.8) is 0 Å². The topological polar surface area (TPSA) is 37.3 Å². The third kappa shape index (κ3) is 4.67. The molecule has 0 aliphatic heterocycles. The second-order valence-electron chi connectivity index (χ2n) is 4.84. The SMILES string of the molecule is CCCCC(CC)CC(C)(CC)C(=O)O. The minimum absolute atomic E-state index is 0.519. The van der Waals surface area contributed by atoms with Crippen LogP contribution in [0.1, 0.15) is 66.2 Å². The van der Waals surface area contributed by atoms with E-state index in [4.69, 9.17) is 0 Å². The maximum atomic E-state index is 11.2. The summed E-state index contributed by atoms with van der Waals surface area (Å²) in [6.45, 7) is 8.20. The first-order chi connectivity index (χ1) is 7.00.